The van der Waals surface area contributed by atoms with Crippen molar-refractivity contribution in [2.75, 3.05) is 19.7 Å². The summed E-state index contributed by atoms with van der Waals surface area (Å²) in [6.07, 6.45) is 8.48. The van der Waals surface area contributed by atoms with Gasteiger partial charge in [0.1, 0.15) is 0 Å². The smallest absolute Gasteiger partial charge is 0.0518 e. The van der Waals surface area contributed by atoms with Crippen LogP contribution in [0.15, 0.2) is 0 Å². The molecule has 2 heterocycles. The lowest BCUT2D eigenvalue weighted by molar-refractivity contribution is 0.0685. The van der Waals surface area contributed by atoms with Gasteiger partial charge in [0.25, 0.3) is 0 Å². The number of hydrogen-bond acceptors (Lipinski definition) is 3. The van der Waals surface area contributed by atoms with Gasteiger partial charge in [-0.2, -0.15) is 0 Å². The molecule has 2 saturated heterocycles. The van der Waals surface area contributed by atoms with Crippen LogP contribution in [0.1, 0.15) is 59.3 Å². The number of fused-ring (bicyclic) bond motifs is 2. The fraction of sp³-hybridized carbons (Fsp3) is 1.00. The van der Waals surface area contributed by atoms with E-state index in [2.05, 4.69) is 31.0 Å². The Morgan fingerprint density at radius 3 is 2.42 bits per heavy atom. The fourth-order valence-corrected chi connectivity index (χ4v) is 3.81. The first-order valence-corrected chi connectivity index (χ1v) is 8.31. The zero-order valence-corrected chi connectivity index (χ0v) is 13.0. The van der Waals surface area contributed by atoms with Crippen LogP contribution < -0.4 is 5.32 Å². The van der Waals surface area contributed by atoms with E-state index < -0.39 is 0 Å². The molecule has 112 valence electrons. The SMILES string of the molecule is CCNC1CC2CCC(C1)N2CCCCOC(C)C. The van der Waals surface area contributed by atoms with E-state index in [0.29, 0.717) is 6.10 Å². The molecular weight excluding hydrogens is 236 g/mol. The first-order valence-electron chi connectivity index (χ1n) is 8.31. The molecule has 2 aliphatic rings. The van der Waals surface area contributed by atoms with Crippen LogP contribution in [-0.2, 0) is 4.74 Å². The van der Waals surface area contributed by atoms with Gasteiger partial charge in [0.2, 0.25) is 0 Å². The summed E-state index contributed by atoms with van der Waals surface area (Å²) in [4.78, 5) is 2.79. The molecule has 3 nitrogen and oxygen atoms in total. The van der Waals surface area contributed by atoms with Crippen molar-refractivity contribution in [3.63, 3.8) is 0 Å². The minimum absolute atomic E-state index is 0.382. The lowest BCUT2D eigenvalue weighted by Gasteiger charge is -2.39. The molecule has 2 bridgehead atoms. The Morgan fingerprint density at radius 1 is 1.16 bits per heavy atom. The topological polar surface area (TPSA) is 24.5 Å². The summed E-state index contributed by atoms with van der Waals surface area (Å²) in [7, 11) is 0. The van der Waals surface area contributed by atoms with Crippen molar-refractivity contribution >= 4 is 0 Å². The fourth-order valence-electron chi connectivity index (χ4n) is 3.81. The summed E-state index contributed by atoms with van der Waals surface area (Å²) in [5.74, 6) is 0. The minimum Gasteiger partial charge on any atom is -0.379 e. The summed E-state index contributed by atoms with van der Waals surface area (Å²) in [6.45, 7) is 9.80. The van der Waals surface area contributed by atoms with E-state index in [9.17, 15) is 0 Å². The van der Waals surface area contributed by atoms with Crippen molar-refractivity contribution in [1.29, 1.82) is 0 Å². The molecule has 0 spiro atoms. The number of nitrogens with one attached hydrogen (secondary N) is 1. The molecule has 2 fully saturated rings. The van der Waals surface area contributed by atoms with Crippen LogP contribution >= 0.6 is 0 Å². The molecule has 0 saturated carbocycles. The second-order valence-electron chi connectivity index (χ2n) is 6.48. The maximum atomic E-state index is 5.62. The average Bonchev–Trinajstić information content (AvgIpc) is 2.60. The van der Waals surface area contributed by atoms with E-state index in [1.165, 1.54) is 45.1 Å². The van der Waals surface area contributed by atoms with Crippen LogP contribution in [0.25, 0.3) is 0 Å². The molecule has 1 N–H and O–H groups in total. The number of hydrogen-bond donors (Lipinski definition) is 1. The van der Waals surface area contributed by atoms with Crippen LogP contribution in [0, 0.1) is 0 Å². The van der Waals surface area contributed by atoms with Crippen molar-refractivity contribution < 1.29 is 4.74 Å². The third kappa shape index (κ3) is 4.44. The summed E-state index contributed by atoms with van der Waals surface area (Å²) >= 11 is 0. The van der Waals surface area contributed by atoms with Gasteiger partial charge in [0.05, 0.1) is 6.10 Å². The molecule has 3 heteroatoms. The predicted molar refractivity (Wildman–Crippen MR) is 80.5 cm³/mol. The molecule has 0 aromatic heterocycles. The van der Waals surface area contributed by atoms with E-state index in [-0.39, 0.29) is 0 Å². The van der Waals surface area contributed by atoms with Crippen LogP contribution in [0.5, 0.6) is 0 Å². The van der Waals surface area contributed by atoms with E-state index in [0.717, 1.165) is 31.3 Å². The molecule has 2 unspecified atom stereocenters. The van der Waals surface area contributed by atoms with Crippen molar-refractivity contribution in [2.45, 2.75) is 83.5 Å². The standard InChI is InChI=1S/C16H32N2O/c1-4-17-14-11-15-7-8-16(12-14)18(15)9-5-6-10-19-13(2)3/h13-17H,4-12H2,1-3H3. The number of piperidine rings is 1. The predicted octanol–water partition coefficient (Wildman–Crippen LogP) is 2.80. The zero-order chi connectivity index (χ0) is 13.7. The summed E-state index contributed by atoms with van der Waals surface area (Å²) in [5.41, 5.74) is 0. The van der Waals surface area contributed by atoms with Crippen molar-refractivity contribution in [1.82, 2.24) is 10.2 Å². The first-order chi connectivity index (χ1) is 9.20. The molecule has 19 heavy (non-hydrogen) atoms. The summed E-state index contributed by atoms with van der Waals surface area (Å²) < 4.78 is 5.62. The number of ether oxygens (including phenoxy) is 1. The van der Waals surface area contributed by atoms with Crippen molar-refractivity contribution in [3.05, 3.63) is 0 Å². The Kier molecular flexibility index (Phi) is 6.11. The molecule has 0 aromatic carbocycles. The van der Waals surface area contributed by atoms with Gasteiger partial charge in [-0.05, 0) is 65.5 Å². The highest BCUT2D eigenvalue weighted by atomic mass is 16.5. The van der Waals surface area contributed by atoms with Gasteiger partial charge in [-0.3, -0.25) is 4.90 Å². The van der Waals surface area contributed by atoms with Crippen LogP contribution in [-0.4, -0.2) is 48.8 Å². The van der Waals surface area contributed by atoms with Gasteiger partial charge in [-0.25, -0.2) is 0 Å². The minimum atomic E-state index is 0.382. The molecule has 2 atom stereocenters. The van der Waals surface area contributed by atoms with Gasteiger partial charge >= 0.3 is 0 Å². The van der Waals surface area contributed by atoms with Gasteiger partial charge in [-0.15, -0.1) is 0 Å². The first kappa shape index (κ1) is 15.3. The highest BCUT2D eigenvalue weighted by molar-refractivity contribution is 4.97. The molecule has 0 amide bonds. The van der Waals surface area contributed by atoms with E-state index in [1.807, 2.05) is 0 Å². The molecule has 2 aliphatic heterocycles. The number of unbranched alkanes of at least 4 members (excludes halogenated alkanes) is 1. The van der Waals surface area contributed by atoms with Gasteiger partial charge in [0, 0.05) is 24.7 Å². The quantitative estimate of drug-likeness (QED) is 0.685. The Morgan fingerprint density at radius 2 is 1.84 bits per heavy atom. The summed E-state index contributed by atoms with van der Waals surface area (Å²) in [6, 6.07) is 2.49. The van der Waals surface area contributed by atoms with Gasteiger partial charge in [0.15, 0.2) is 0 Å². The van der Waals surface area contributed by atoms with E-state index >= 15 is 0 Å². The molecule has 2 rings (SSSR count). The molecule has 0 aliphatic carbocycles. The highest BCUT2D eigenvalue weighted by Crippen LogP contribution is 2.35. The third-order valence-electron chi connectivity index (χ3n) is 4.64. The lowest BCUT2D eigenvalue weighted by Crippen LogP contribution is -2.49. The maximum absolute atomic E-state index is 5.62. The van der Waals surface area contributed by atoms with Crippen LogP contribution in [0.2, 0.25) is 0 Å². The average molecular weight is 268 g/mol. The highest BCUT2D eigenvalue weighted by Gasteiger charge is 2.39. The van der Waals surface area contributed by atoms with Crippen LogP contribution in [0.4, 0.5) is 0 Å². The Labute approximate surface area is 119 Å². The second kappa shape index (κ2) is 7.61. The molecule has 0 aromatic rings. The van der Waals surface area contributed by atoms with E-state index in [4.69, 9.17) is 4.74 Å². The Balaban J connectivity index is 1.65. The monoisotopic (exact) mass is 268 g/mol. The molecular formula is C16H32N2O. The number of rotatable bonds is 8. The maximum Gasteiger partial charge on any atom is 0.0518 e. The van der Waals surface area contributed by atoms with E-state index in [1.54, 1.807) is 0 Å². The van der Waals surface area contributed by atoms with Gasteiger partial charge in [-0.1, -0.05) is 6.92 Å². The zero-order valence-electron chi connectivity index (χ0n) is 13.0. The normalized spacial score (nSPS) is 31.3. The number of nitrogens with zero attached hydrogens (tertiary/aromatic N) is 1. The van der Waals surface area contributed by atoms with Crippen molar-refractivity contribution in [2.24, 2.45) is 0 Å². The van der Waals surface area contributed by atoms with Crippen molar-refractivity contribution in [3.8, 4) is 0 Å². The third-order valence-corrected chi connectivity index (χ3v) is 4.64. The van der Waals surface area contributed by atoms with Crippen LogP contribution in [0.3, 0.4) is 0 Å². The summed E-state index contributed by atoms with van der Waals surface area (Å²) in [5, 5.41) is 3.65. The lowest BCUT2D eigenvalue weighted by atomic mass is 9.97. The largest absolute Gasteiger partial charge is 0.379 e. The van der Waals surface area contributed by atoms with Gasteiger partial charge < -0.3 is 10.1 Å². The Bertz CT molecular complexity index is 243. The Hall–Kier alpha value is -0.120. The molecule has 0 radical (unpaired) electrons. The second-order valence-corrected chi connectivity index (χ2v) is 6.48.